The minimum Gasteiger partial charge on any atom is -0.494 e. The van der Waals surface area contributed by atoms with Crippen molar-refractivity contribution in [2.24, 2.45) is 0 Å². The van der Waals surface area contributed by atoms with E-state index in [0.29, 0.717) is 18.7 Å². The number of hydrogen-bond acceptors (Lipinski definition) is 3. The van der Waals surface area contributed by atoms with Crippen molar-refractivity contribution in [3.63, 3.8) is 0 Å². The quantitative estimate of drug-likeness (QED) is 0.709. The van der Waals surface area contributed by atoms with Gasteiger partial charge in [-0.25, -0.2) is 4.98 Å². The van der Waals surface area contributed by atoms with E-state index in [1.807, 2.05) is 44.3 Å². The number of benzene rings is 2. The van der Waals surface area contributed by atoms with Crippen molar-refractivity contribution < 1.29 is 9.53 Å². The van der Waals surface area contributed by atoms with E-state index in [2.05, 4.69) is 27.0 Å². The predicted molar refractivity (Wildman–Crippen MR) is 101 cm³/mol. The van der Waals surface area contributed by atoms with Gasteiger partial charge in [-0.2, -0.15) is 0 Å². The molecule has 3 rings (SSSR count). The molecule has 1 heterocycles. The van der Waals surface area contributed by atoms with Crippen molar-refractivity contribution in [2.45, 2.75) is 26.9 Å². The third-order valence-corrected chi connectivity index (χ3v) is 4.15. The molecule has 1 aromatic heterocycles. The number of imidazole rings is 1. The Kier molecular flexibility index (Phi) is 5.69. The first-order valence-electron chi connectivity index (χ1n) is 8.72. The summed E-state index contributed by atoms with van der Waals surface area (Å²) in [7, 11) is 0. The van der Waals surface area contributed by atoms with Gasteiger partial charge in [0.1, 0.15) is 11.6 Å². The number of aromatic nitrogens is 2. The van der Waals surface area contributed by atoms with Crippen LogP contribution in [0, 0.1) is 6.92 Å². The molecule has 0 atom stereocenters. The lowest BCUT2D eigenvalue weighted by atomic mass is 10.1. The van der Waals surface area contributed by atoms with E-state index < -0.39 is 0 Å². The minimum atomic E-state index is -0.0936. The largest absolute Gasteiger partial charge is 0.494 e. The average molecular weight is 349 g/mol. The summed E-state index contributed by atoms with van der Waals surface area (Å²) in [4.78, 5) is 16.6. The van der Waals surface area contributed by atoms with Gasteiger partial charge >= 0.3 is 0 Å². The van der Waals surface area contributed by atoms with Crippen LogP contribution < -0.4 is 10.1 Å². The molecule has 0 saturated carbocycles. The Morgan fingerprint density at radius 2 is 1.92 bits per heavy atom. The maximum atomic E-state index is 12.3. The van der Waals surface area contributed by atoms with Crippen LogP contribution in [0.4, 0.5) is 0 Å². The summed E-state index contributed by atoms with van der Waals surface area (Å²) in [6, 6.07) is 15.4. The van der Waals surface area contributed by atoms with Gasteiger partial charge in [-0.05, 0) is 49.2 Å². The molecule has 0 bridgehead atoms. The molecular weight excluding hydrogens is 326 g/mol. The van der Waals surface area contributed by atoms with Crippen molar-refractivity contribution in [3.05, 3.63) is 83.4 Å². The Hall–Kier alpha value is -3.08. The number of carbonyl (C=O) groups excluding carboxylic acids is 1. The van der Waals surface area contributed by atoms with Gasteiger partial charge in [0.25, 0.3) is 5.91 Å². The monoisotopic (exact) mass is 349 g/mol. The summed E-state index contributed by atoms with van der Waals surface area (Å²) >= 11 is 0. The highest BCUT2D eigenvalue weighted by Crippen LogP contribution is 2.13. The average Bonchev–Trinajstić information content (AvgIpc) is 3.06. The van der Waals surface area contributed by atoms with E-state index in [-0.39, 0.29) is 5.91 Å². The number of hydrogen-bond donors (Lipinski definition) is 1. The van der Waals surface area contributed by atoms with Crippen molar-refractivity contribution in [1.29, 1.82) is 0 Å². The Balaban J connectivity index is 1.59. The van der Waals surface area contributed by atoms with Gasteiger partial charge in [-0.15, -0.1) is 0 Å². The van der Waals surface area contributed by atoms with Crippen LogP contribution in [0.1, 0.15) is 34.2 Å². The summed E-state index contributed by atoms with van der Waals surface area (Å²) in [6.07, 6.45) is 3.77. The number of carbonyl (C=O) groups is 1. The molecule has 5 heteroatoms. The van der Waals surface area contributed by atoms with E-state index in [1.165, 1.54) is 5.56 Å². The van der Waals surface area contributed by atoms with Gasteiger partial charge in [0.05, 0.1) is 6.61 Å². The maximum Gasteiger partial charge on any atom is 0.251 e. The normalized spacial score (nSPS) is 10.5. The summed E-state index contributed by atoms with van der Waals surface area (Å²) in [6.45, 7) is 5.79. The molecular formula is C21H23N3O2. The number of amides is 1. The van der Waals surface area contributed by atoms with E-state index in [4.69, 9.17) is 4.74 Å². The first kappa shape index (κ1) is 17.7. The first-order chi connectivity index (χ1) is 12.7. The molecule has 0 spiro atoms. The van der Waals surface area contributed by atoms with E-state index in [0.717, 1.165) is 23.7 Å². The molecule has 0 unspecified atom stereocenters. The van der Waals surface area contributed by atoms with Crippen LogP contribution in [0.15, 0.2) is 60.9 Å². The number of aryl methyl sites for hydroxylation is 1. The van der Waals surface area contributed by atoms with Crippen molar-refractivity contribution in [3.8, 4) is 5.75 Å². The second-order valence-corrected chi connectivity index (χ2v) is 6.06. The Bertz CT molecular complexity index is 869. The van der Waals surface area contributed by atoms with E-state index in [9.17, 15) is 4.79 Å². The van der Waals surface area contributed by atoms with Crippen LogP contribution in [0.5, 0.6) is 5.75 Å². The second kappa shape index (κ2) is 8.34. The zero-order chi connectivity index (χ0) is 18.4. The lowest BCUT2D eigenvalue weighted by molar-refractivity contribution is 0.0951. The molecule has 1 amide bonds. The summed E-state index contributed by atoms with van der Waals surface area (Å²) in [5, 5.41) is 2.97. The van der Waals surface area contributed by atoms with Gasteiger partial charge in [-0.3, -0.25) is 4.79 Å². The summed E-state index contributed by atoms with van der Waals surface area (Å²) < 4.78 is 7.49. The van der Waals surface area contributed by atoms with Gasteiger partial charge in [0, 0.05) is 31.0 Å². The SMILES string of the molecule is CCOc1ccc(C(=O)NCc2cccc(Cn3ccnc3C)c2)cc1. The fraction of sp³-hybridized carbons (Fsp3) is 0.238. The molecule has 0 saturated heterocycles. The van der Waals surface area contributed by atoms with Crippen LogP contribution in [-0.2, 0) is 13.1 Å². The molecule has 5 nitrogen and oxygen atoms in total. The highest BCUT2D eigenvalue weighted by atomic mass is 16.5. The third kappa shape index (κ3) is 4.51. The first-order valence-corrected chi connectivity index (χ1v) is 8.72. The standard InChI is InChI=1S/C21H23N3O2/c1-3-26-20-9-7-19(8-10-20)21(25)23-14-17-5-4-6-18(13-17)15-24-12-11-22-16(24)2/h4-13H,3,14-15H2,1-2H3,(H,23,25). The molecule has 3 aromatic rings. The smallest absolute Gasteiger partial charge is 0.251 e. The van der Waals surface area contributed by atoms with Crippen LogP contribution in [0.25, 0.3) is 0 Å². The zero-order valence-electron chi connectivity index (χ0n) is 15.1. The van der Waals surface area contributed by atoms with Crippen LogP contribution in [0.3, 0.4) is 0 Å². The number of ether oxygens (including phenoxy) is 1. The third-order valence-electron chi connectivity index (χ3n) is 4.15. The lowest BCUT2D eigenvalue weighted by Crippen LogP contribution is -2.22. The lowest BCUT2D eigenvalue weighted by Gasteiger charge is -2.09. The molecule has 0 aliphatic heterocycles. The summed E-state index contributed by atoms with van der Waals surface area (Å²) in [5.74, 6) is 1.66. The minimum absolute atomic E-state index is 0.0936. The van der Waals surface area contributed by atoms with Gasteiger partial charge < -0.3 is 14.6 Å². The Morgan fingerprint density at radius 3 is 2.62 bits per heavy atom. The van der Waals surface area contributed by atoms with Crippen molar-refractivity contribution in [1.82, 2.24) is 14.9 Å². The number of rotatable bonds is 7. The number of nitrogens with one attached hydrogen (secondary N) is 1. The zero-order valence-corrected chi connectivity index (χ0v) is 15.1. The molecule has 0 radical (unpaired) electrons. The number of nitrogens with zero attached hydrogens (tertiary/aromatic N) is 2. The molecule has 0 aliphatic carbocycles. The molecule has 2 aromatic carbocycles. The highest BCUT2D eigenvalue weighted by Gasteiger charge is 2.06. The Morgan fingerprint density at radius 1 is 1.15 bits per heavy atom. The van der Waals surface area contributed by atoms with Crippen LogP contribution in [-0.4, -0.2) is 22.1 Å². The molecule has 0 fully saturated rings. The highest BCUT2D eigenvalue weighted by molar-refractivity contribution is 5.94. The van der Waals surface area contributed by atoms with Crippen molar-refractivity contribution >= 4 is 5.91 Å². The summed E-state index contributed by atoms with van der Waals surface area (Å²) in [5.41, 5.74) is 2.87. The molecule has 1 N–H and O–H groups in total. The molecule has 134 valence electrons. The fourth-order valence-electron chi connectivity index (χ4n) is 2.76. The van der Waals surface area contributed by atoms with E-state index in [1.54, 1.807) is 18.3 Å². The van der Waals surface area contributed by atoms with Gasteiger partial charge in [-0.1, -0.05) is 24.3 Å². The Labute approximate surface area is 153 Å². The van der Waals surface area contributed by atoms with Crippen molar-refractivity contribution in [2.75, 3.05) is 6.61 Å². The molecule has 0 aliphatic rings. The second-order valence-electron chi connectivity index (χ2n) is 6.06. The van der Waals surface area contributed by atoms with Crippen LogP contribution >= 0.6 is 0 Å². The van der Waals surface area contributed by atoms with E-state index >= 15 is 0 Å². The molecule has 26 heavy (non-hydrogen) atoms. The predicted octanol–water partition coefficient (Wildman–Crippen LogP) is 3.57. The topological polar surface area (TPSA) is 56.1 Å². The van der Waals surface area contributed by atoms with Gasteiger partial charge in [0.2, 0.25) is 0 Å². The van der Waals surface area contributed by atoms with Crippen LogP contribution in [0.2, 0.25) is 0 Å². The maximum absolute atomic E-state index is 12.3. The van der Waals surface area contributed by atoms with Gasteiger partial charge in [0.15, 0.2) is 0 Å². The fourth-order valence-corrected chi connectivity index (χ4v) is 2.76.